The third kappa shape index (κ3) is 2.53. The molecular formula is C13H18FNO. The van der Waals surface area contributed by atoms with Crippen molar-refractivity contribution in [3.05, 3.63) is 29.6 Å². The first-order chi connectivity index (χ1) is 7.81. The lowest BCUT2D eigenvalue weighted by Gasteiger charge is -2.23. The van der Waals surface area contributed by atoms with Crippen LogP contribution in [0.5, 0.6) is 5.75 Å². The van der Waals surface area contributed by atoms with Crippen molar-refractivity contribution in [3.8, 4) is 5.75 Å². The fourth-order valence-electron chi connectivity index (χ4n) is 2.23. The fourth-order valence-corrected chi connectivity index (χ4v) is 2.23. The minimum Gasteiger partial charge on any atom is -0.494 e. The van der Waals surface area contributed by atoms with Crippen LogP contribution in [0.2, 0.25) is 0 Å². The summed E-state index contributed by atoms with van der Waals surface area (Å²) < 4.78 is 19.1. The predicted octanol–water partition coefficient (Wildman–Crippen LogP) is 2.69. The molecule has 1 aromatic rings. The highest BCUT2D eigenvalue weighted by Gasteiger charge is 2.18. The van der Waals surface area contributed by atoms with Crippen molar-refractivity contribution in [2.75, 3.05) is 19.7 Å². The summed E-state index contributed by atoms with van der Waals surface area (Å²) >= 11 is 0. The Hall–Kier alpha value is -1.09. The van der Waals surface area contributed by atoms with Crippen LogP contribution in [-0.4, -0.2) is 19.7 Å². The van der Waals surface area contributed by atoms with E-state index in [4.69, 9.17) is 4.74 Å². The first kappa shape index (κ1) is 11.4. The largest absolute Gasteiger partial charge is 0.494 e. The smallest absolute Gasteiger partial charge is 0.130 e. The summed E-state index contributed by atoms with van der Waals surface area (Å²) in [5, 5.41) is 3.29. The molecule has 1 saturated heterocycles. The highest BCUT2D eigenvalue weighted by Crippen LogP contribution is 2.29. The second-order valence-electron chi connectivity index (χ2n) is 4.14. The van der Waals surface area contributed by atoms with E-state index in [1.54, 1.807) is 0 Å². The van der Waals surface area contributed by atoms with Crippen LogP contribution in [0.1, 0.15) is 31.2 Å². The molecule has 88 valence electrons. The van der Waals surface area contributed by atoms with E-state index < -0.39 is 0 Å². The van der Waals surface area contributed by atoms with Gasteiger partial charge in [-0.3, -0.25) is 0 Å². The molecule has 0 spiro atoms. The molecule has 1 aliphatic heterocycles. The van der Waals surface area contributed by atoms with Crippen LogP contribution in [0.4, 0.5) is 4.39 Å². The first-order valence-electron chi connectivity index (χ1n) is 5.94. The molecule has 0 saturated carbocycles. The molecule has 1 aromatic carbocycles. The molecule has 0 unspecified atom stereocenters. The Morgan fingerprint density at radius 2 is 2.12 bits per heavy atom. The van der Waals surface area contributed by atoms with Crippen LogP contribution in [-0.2, 0) is 0 Å². The predicted molar refractivity (Wildman–Crippen MR) is 62.4 cm³/mol. The zero-order valence-electron chi connectivity index (χ0n) is 9.63. The Morgan fingerprint density at radius 1 is 1.38 bits per heavy atom. The van der Waals surface area contributed by atoms with Crippen molar-refractivity contribution in [2.45, 2.75) is 25.7 Å². The summed E-state index contributed by atoms with van der Waals surface area (Å²) in [5.74, 6) is 0.854. The maximum Gasteiger partial charge on any atom is 0.130 e. The van der Waals surface area contributed by atoms with Crippen molar-refractivity contribution >= 4 is 0 Å². The van der Waals surface area contributed by atoms with E-state index in [2.05, 4.69) is 5.32 Å². The Kier molecular flexibility index (Phi) is 3.78. The molecular weight excluding hydrogens is 205 g/mol. The van der Waals surface area contributed by atoms with Crippen molar-refractivity contribution in [3.63, 3.8) is 0 Å². The molecule has 3 heteroatoms. The van der Waals surface area contributed by atoms with E-state index in [1.165, 1.54) is 6.07 Å². The normalized spacial score (nSPS) is 17.4. The molecule has 0 aliphatic carbocycles. The van der Waals surface area contributed by atoms with Gasteiger partial charge in [0.2, 0.25) is 0 Å². The lowest BCUT2D eigenvalue weighted by atomic mass is 9.90. The summed E-state index contributed by atoms with van der Waals surface area (Å²) in [6.45, 7) is 4.44. The number of nitrogens with one attached hydrogen (secondary N) is 1. The van der Waals surface area contributed by atoms with Gasteiger partial charge >= 0.3 is 0 Å². The number of benzene rings is 1. The van der Waals surface area contributed by atoms with Gasteiger partial charge in [0.15, 0.2) is 0 Å². The van der Waals surface area contributed by atoms with Gasteiger partial charge in [0.25, 0.3) is 0 Å². The summed E-state index contributed by atoms with van der Waals surface area (Å²) in [6, 6.07) is 5.24. The number of rotatable bonds is 3. The highest BCUT2D eigenvalue weighted by molar-refractivity contribution is 5.31. The van der Waals surface area contributed by atoms with Gasteiger partial charge in [0.05, 0.1) is 6.61 Å². The second kappa shape index (κ2) is 5.30. The summed E-state index contributed by atoms with van der Waals surface area (Å²) in [7, 11) is 0. The molecule has 16 heavy (non-hydrogen) atoms. The van der Waals surface area contributed by atoms with Crippen molar-refractivity contribution in [1.82, 2.24) is 5.32 Å². The Bertz CT molecular complexity index is 348. The highest BCUT2D eigenvalue weighted by atomic mass is 19.1. The van der Waals surface area contributed by atoms with E-state index in [9.17, 15) is 4.39 Å². The van der Waals surface area contributed by atoms with Crippen LogP contribution in [0.25, 0.3) is 0 Å². The number of hydrogen-bond acceptors (Lipinski definition) is 2. The van der Waals surface area contributed by atoms with Crippen LogP contribution in [0.3, 0.4) is 0 Å². The summed E-state index contributed by atoms with van der Waals surface area (Å²) in [5.41, 5.74) is 0.838. The standard InChI is InChI=1S/C13H18FNO/c1-2-16-11-3-4-12(13(14)9-11)10-5-7-15-8-6-10/h3-4,9-10,15H,2,5-8H2,1H3. The third-order valence-electron chi connectivity index (χ3n) is 3.06. The SMILES string of the molecule is CCOc1ccc(C2CCNCC2)c(F)c1. The summed E-state index contributed by atoms with van der Waals surface area (Å²) in [6.07, 6.45) is 2.04. The monoisotopic (exact) mass is 223 g/mol. The number of ether oxygens (including phenoxy) is 1. The zero-order chi connectivity index (χ0) is 11.4. The zero-order valence-corrected chi connectivity index (χ0v) is 9.63. The van der Waals surface area contributed by atoms with Crippen molar-refractivity contribution in [1.29, 1.82) is 0 Å². The van der Waals surface area contributed by atoms with E-state index in [0.717, 1.165) is 31.5 Å². The Balaban J connectivity index is 2.14. The van der Waals surface area contributed by atoms with E-state index in [1.807, 2.05) is 19.1 Å². The molecule has 1 fully saturated rings. The minimum atomic E-state index is -0.127. The van der Waals surface area contributed by atoms with Crippen LogP contribution < -0.4 is 10.1 Å². The number of halogens is 1. The molecule has 2 nitrogen and oxygen atoms in total. The van der Waals surface area contributed by atoms with E-state index >= 15 is 0 Å². The maximum atomic E-state index is 13.9. The average Bonchev–Trinajstić information content (AvgIpc) is 2.31. The van der Waals surface area contributed by atoms with Gasteiger partial charge in [-0.15, -0.1) is 0 Å². The maximum absolute atomic E-state index is 13.9. The second-order valence-corrected chi connectivity index (χ2v) is 4.14. The number of piperidine rings is 1. The average molecular weight is 223 g/mol. The number of hydrogen-bond donors (Lipinski definition) is 1. The van der Waals surface area contributed by atoms with Crippen molar-refractivity contribution < 1.29 is 9.13 Å². The topological polar surface area (TPSA) is 21.3 Å². The molecule has 0 aromatic heterocycles. The molecule has 0 bridgehead atoms. The molecule has 0 amide bonds. The Morgan fingerprint density at radius 3 is 2.75 bits per heavy atom. The summed E-state index contributed by atoms with van der Waals surface area (Å²) in [4.78, 5) is 0. The van der Waals surface area contributed by atoms with E-state index in [0.29, 0.717) is 18.3 Å². The molecule has 0 atom stereocenters. The van der Waals surface area contributed by atoms with Crippen LogP contribution >= 0.6 is 0 Å². The van der Waals surface area contributed by atoms with Gasteiger partial charge in [-0.05, 0) is 50.4 Å². The van der Waals surface area contributed by atoms with Gasteiger partial charge in [0, 0.05) is 6.07 Å². The molecule has 0 radical (unpaired) electrons. The van der Waals surface area contributed by atoms with Gasteiger partial charge in [0.1, 0.15) is 11.6 Å². The van der Waals surface area contributed by atoms with Crippen LogP contribution in [0, 0.1) is 5.82 Å². The molecule has 1 aliphatic rings. The first-order valence-corrected chi connectivity index (χ1v) is 5.94. The van der Waals surface area contributed by atoms with E-state index in [-0.39, 0.29) is 5.82 Å². The van der Waals surface area contributed by atoms with Gasteiger partial charge in [-0.25, -0.2) is 4.39 Å². The third-order valence-corrected chi connectivity index (χ3v) is 3.06. The minimum absolute atomic E-state index is 0.127. The van der Waals surface area contributed by atoms with Crippen LogP contribution in [0.15, 0.2) is 18.2 Å². The molecule has 1 N–H and O–H groups in total. The van der Waals surface area contributed by atoms with Gasteiger partial charge < -0.3 is 10.1 Å². The molecule has 2 rings (SSSR count). The lowest BCUT2D eigenvalue weighted by Crippen LogP contribution is -2.27. The Labute approximate surface area is 95.8 Å². The van der Waals surface area contributed by atoms with Crippen molar-refractivity contribution in [2.24, 2.45) is 0 Å². The quantitative estimate of drug-likeness (QED) is 0.850. The fraction of sp³-hybridized carbons (Fsp3) is 0.538. The lowest BCUT2D eigenvalue weighted by molar-refractivity contribution is 0.337. The van der Waals surface area contributed by atoms with Gasteiger partial charge in [-0.1, -0.05) is 6.07 Å². The van der Waals surface area contributed by atoms with Gasteiger partial charge in [-0.2, -0.15) is 0 Å². The molecule has 1 heterocycles.